The van der Waals surface area contributed by atoms with E-state index in [2.05, 4.69) is 70.8 Å². The molecule has 0 bridgehead atoms. The third kappa shape index (κ3) is 13.2. The van der Waals surface area contributed by atoms with Gasteiger partial charge in [-0.1, -0.05) is 96.8 Å². The lowest BCUT2D eigenvalue weighted by molar-refractivity contribution is -0.699. The Morgan fingerprint density at radius 1 is 0.471 bits per heavy atom. The maximum atomic E-state index is 3.92. The summed E-state index contributed by atoms with van der Waals surface area (Å²) in [7, 11) is 0. The van der Waals surface area contributed by atoms with E-state index in [9.17, 15) is 0 Å². The van der Waals surface area contributed by atoms with Gasteiger partial charge >= 0.3 is 0 Å². The van der Waals surface area contributed by atoms with Crippen LogP contribution in [0.25, 0.3) is 11.1 Å². The van der Waals surface area contributed by atoms with Crippen molar-refractivity contribution in [2.75, 3.05) is 6.54 Å². The number of hydrogen-bond donors (Lipinski definition) is 1. The van der Waals surface area contributed by atoms with E-state index in [1.807, 2.05) is 0 Å². The number of rotatable bonds is 21. The molecule has 2 rings (SSSR count). The van der Waals surface area contributed by atoms with Gasteiger partial charge in [0.15, 0.2) is 31.3 Å². The van der Waals surface area contributed by atoms with Crippen LogP contribution in [0.3, 0.4) is 0 Å². The minimum absolute atomic E-state index is 0.993. The zero-order valence-corrected chi connectivity index (χ0v) is 22.4. The summed E-state index contributed by atoms with van der Waals surface area (Å²) in [6.07, 6.45) is 32.8. The van der Waals surface area contributed by atoms with Crippen LogP contribution in [0.1, 0.15) is 116 Å². The predicted molar refractivity (Wildman–Crippen MR) is 144 cm³/mol. The van der Waals surface area contributed by atoms with Crippen molar-refractivity contribution in [3.63, 3.8) is 0 Å². The molecule has 0 aromatic carbocycles. The number of unbranched alkanes of at least 4 members (excludes halogenated alkanes) is 15. The Bertz CT molecular complexity index is 708. The zero-order valence-electron chi connectivity index (χ0n) is 22.4. The average molecular weight is 469 g/mol. The predicted octanol–water partition coefficient (Wildman–Crippen LogP) is 6.82. The summed E-state index contributed by atoms with van der Waals surface area (Å²) in [5.41, 5.74) is 6.51. The molecule has 3 nitrogen and oxygen atoms in total. The number of hydrogen-bond acceptors (Lipinski definition) is 0. The van der Waals surface area contributed by atoms with Crippen molar-refractivity contribution in [3.8, 4) is 11.1 Å². The molecule has 3 N–H and O–H groups in total. The van der Waals surface area contributed by atoms with Gasteiger partial charge in [-0.3, -0.25) is 0 Å². The van der Waals surface area contributed by atoms with Crippen LogP contribution in [0.4, 0.5) is 0 Å². The quantitative estimate of drug-likeness (QED) is 0.154. The van der Waals surface area contributed by atoms with E-state index in [1.54, 1.807) is 0 Å². The highest BCUT2D eigenvalue weighted by atomic mass is 14.9. The molecular formula is C31H54N3+3. The Kier molecular flexibility index (Phi) is 16.4. The lowest BCUT2D eigenvalue weighted by Crippen LogP contribution is -2.51. The molecule has 34 heavy (non-hydrogen) atoms. The van der Waals surface area contributed by atoms with Crippen LogP contribution in [-0.4, -0.2) is 6.54 Å². The lowest BCUT2D eigenvalue weighted by Gasteiger charge is -2.03. The Morgan fingerprint density at radius 2 is 0.794 bits per heavy atom. The molecular weight excluding hydrogens is 414 g/mol. The molecule has 0 atom stereocenters. The lowest BCUT2D eigenvalue weighted by atomic mass is 10.0. The van der Waals surface area contributed by atoms with Gasteiger partial charge in [0.1, 0.15) is 6.54 Å². The Balaban J connectivity index is 1.44. The maximum Gasteiger partial charge on any atom is 0.169 e. The summed E-state index contributed by atoms with van der Waals surface area (Å²) in [5.74, 6) is 0. The van der Waals surface area contributed by atoms with Crippen molar-refractivity contribution < 1.29 is 14.9 Å². The zero-order chi connectivity index (χ0) is 24.1. The monoisotopic (exact) mass is 468 g/mol. The molecule has 0 aliphatic rings. The van der Waals surface area contributed by atoms with Crippen molar-refractivity contribution in [1.29, 1.82) is 0 Å². The van der Waals surface area contributed by atoms with Crippen molar-refractivity contribution >= 4 is 0 Å². The highest BCUT2D eigenvalue weighted by Crippen LogP contribution is 2.16. The first-order valence-corrected chi connectivity index (χ1v) is 14.6. The van der Waals surface area contributed by atoms with Crippen LogP contribution in [0.5, 0.6) is 0 Å². The van der Waals surface area contributed by atoms with E-state index in [-0.39, 0.29) is 0 Å². The molecule has 0 spiro atoms. The van der Waals surface area contributed by atoms with Gasteiger partial charge in [-0.2, -0.15) is 0 Å². The molecule has 0 fully saturated rings. The largest absolute Gasteiger partial charge is 0.357 e. The van der Waals surface area contributed by atoms with E-state index < -0.39 is 0 Å². The summed E-state index contributed by atoms with van der Waals surface area (Å²) in [5, 5.41) is 0. The summed E-state index contributed by atoms with van der Waals surface area (Å²) in [4.78, 5) is 0. The first kappa shape index (κ1) is 28.5. The second kappa shape index (κ2) is 19.6. The van der Waals surface area contributed by atoms with Gasteiger partial charge in [-0.15, -0.1) is 0 Å². The van der Waals surface area contributed by atoms with Gasteiger partial charge in [0.05, 0.1) is 13.0 Å². The summed E-state index contributed by atoms with van der Waals surface area (Å²) in [6.45, 7) is 5.48. The van der Waals surface area contributed by atoms with Crippen LogP contribution < -0.4 is 14.9 Å². The van der Waals surface area contributed by atoms with Crippen molar-refractivity contribution in [1.82, 2.24) is 0 Å². The molecule has 2 heterocycles. The Morgan fingerprint density at radius 3 is 1.15 bits per heavy atom. The average Bonchev–Trinajstić information content (AvgIpc) is 2.88. The molecule has 0 saturated carbocycles. The normalized spacial score (nSPS) is 11.2. The highest BCUT2D eigenvalue weighted by Gasteiger charge is 2.06. The van der Waals surface area contributed by atoms with Crippen molar-refractivity contribution in [2.24, 2.45) is 0 Å². The van der Waals surface area contributed by atoms with Crippen LogP contribution in [-0.2, 0) is 13.1 Å². The van der Waals surface area contributed by atoms with E-state index >= 15 is 0 Å². The highest BCUT2D eigenvalue weighted by molar-refractivity contribution is 5.60. The summed E-state index contributed by atoms with van der Waals surface area (Å²) in [6, 6.07) is 8.95. The first-order chi connectivity index (χ1) is 16.8. The number of pyridine rings is 2. The van der Waals surface area contributed by atoms with Gasteiger partial charge in [-0.05, 0) is 17.5 Å². The molecule has 0 radical (unpaired) electrons. The number of aromatic nitrogens is 2. The molecule has 0 aliphatic heterocycles. The van der Waals surface area contributed by atoms with Crippen LogP contribution in [0.2, 0.25) is 0 Å². The second-order valence-corrected chi connectivity index (χ2v) is 10.2. The topological polar surface area (TPSA) is 35.4 Å². The fourth-order valence-corrected chi connectivity index (χ4v) is 4.73. The fraction of sp³-hybridized carbons (Fsp3) is 0.677. The first-order valence-electron chi connectivity index (χ1n) is 14.6. The van der Waals surface area contributed by atoms with Gasteiger partial charge < -0.3 is 5.73 Å². The molecule has 0 unspecified atom stereocenters. The van der Waals surface area contributed by atoms with Gasteiger partial charge in [0.25, 0.3) is 0 Å². The third-order valence-electron chi connectivity index (χ3n) is 7.05. The molecule has 2 aromatic heterocycles. The number of aryl methyl sites for hydroxylation is 2. The third-order valence-corrected chi connectivity index (χ3v) is 7.05. The minimum atomic E-state index is 0.993. The molecule has 3 heteroatoms. The molecule has 0 aliphatic carbocycles. The van der Waals surface area contributed by atoms with Crippen molar-refractivity contribution in [3.05, 3.63) is 49.1 Å². The van der Waals surface area contributed by atoms with Crippen LogP contribution >= 0.6 is 0 Å². The van der Waals surface area contributed by atoms with E-state index in [0.717, 1.165) is 26.1 Å². The second-order valence-electron chi connectivity index (χ2n) is 10.2. The van der Waals surface area contributed by atoms with Crippen LogP contribution in [0, 0.1) is 0 Å². The Hall–Kier alpha value is -1.74. The van der Waals surface area contributed by atoms with E-state index in [0.29, 0.717) is 0 Å². The van der Waals surface area contributed by atoms with Crippen LogP contribution in [0.15, 0.2) is 49.1 Å². The molecule has 0 saturated heterocycles. The minimum Gasteiger partial charge on any atom is -0.357 e. The smallest absolute Gasteiger partial charge is 0.169 e. The Labute approximate surface area is 210 Å². The fourth-order valence-electron chi connectivity index (χ4n) is 4.73. The summed E-state index contributed by atoms with van der Waals surface area (Å²) >= 11 is 0. The van der Waals surface area contributed by atoms with Gasteiger partial charge in [-0.25, -0.2) is 9.13 Å². The van der Waals surface area contributed by atoms with Gasteiger partial charge in [0, 0.05) is 30.7 Å². The van der Waals surface area contributed by atoms with Gasteiger partial charge in [0.2, 0.25) is 0 Å². The molecule has 190 valence electrons. The van der Waals surface area contributed by atoms with E-state index in [1.165, 1.54) is 114 Å². The standard InChI is InChI=1S/C31H53N3/c1-2-3-4-5-6-7-8-9-10-11-12-13-14-15-16-17-24-33-26-19-30(20-27-33)31-21-28-34(29-22-31)25-18-23-32/h19-22,26-29H,2-18,23-25,32H2,1H3/q+2/p+1. The maximum absolute atomic E-state index is 3.92. The summed E-state index contributed by atoms with van der Waals surface area (Å²) < 4.78 is 4.58. The SMILES string of the molecule is CCCCCCCCCCCCCCCCCC[n+]1ccc(-c2cc[n+](CCC[NH3+])cc2)cc1. The molecule has 0 amide bonds. The molecule has 2 aromatic rings. The van der Waals surface area contributed by atoms with E-state index in [4.69, 9.17) is 0 Å². The number of quaternary nitrogens is 1. The van der Waals surface area contributed by atoms with Crippen molar-refractivity contribution in [2.45, 2.75) is 129 Å². The number of nitrogens with zero attached hydrogens (tertiary/aromatic N) is 2.